The van der Waals surface area contributed by atoms with Crippen molar-refractivity contribution in [3.63, 3.8) is 0 Å². The Bertz CT molecular complexity index is 2640. The van der Waals surface area contributed by atoms with Crippen molar-refractivity contribution in [2.45, 2.75) is 0 Å². The van der Waals surface area contributed by atoms with Crippen LogP contribution in [0.1, 0.15) is 0 Å². The molecule has 46 heavy (non-hydrogen) atoms. The van der Waals surface area contributed by atoms with E-state index in [9.17, 15) is 14.0 Å². The van der Waals surface area contributed by atoms with E-state index in [1.54, 1.807) is 24.3 Å². The number of nitrogens with zero attached hydrogens (tertiary/aromatic N) is 1. The molecule has 7 nitrogen and oxygen atoms in total. The van der Waals surface area contributed by atoms with Crippen molar-refractivity contribution in [1.29, 1.82) is 0 Å². The Kier molecular flexibility index (Phi) is 7.22. The fourth-order valence-corrected chi connectivity index (χ4v) is 9.15. The molecule has 1 heterocycles. The molecule has 0 aliphatic carbocycles. The number of hydrogen-bond acceptors (Lipinski definition) is 7. The van der Waals surface area contributed by atoms with E-state index in [2.05, 4.69) is 18.2 Å². The van der Waals surface area contributed by atoms with Crippen molar-refractivity contribution in [1.82, 2.24) is 5.39 Å². The first kappa shape index (κ1) is 29.9. The van der Waals surface area contributed by atoms with Crippen LogP contribution < -0.4 is 45.1 Å². The summed E-state index contributed by atoms with van der Waals surface area (Å²) >= 11 is 0. The summed E-state index contributed by atoms with van der Waals surface area (Å²) in [5, 5.41) is 11.9. The maximum Gasteiger partial charge on any atom is 1.00 e. The predicted octanol–water partition coefficient (Wildman–Crippen LogP) is 5.42. The van der Waals surface area contributed by atoms with E-state index in [1.807, 2.05) is 84.9 Å². The van der Waals surface area contributed by atoms with Crippen LogP contribution in [0.15, 0.2) is 133 Å². The first-order chi connectivity index (χ1) is 21.9. The number of rotatable bonds is 4. The SMILES string of the molecule is O=P([O-])(ON1OP(=O)(c2cccc3c2ccc2c4ccccc4ccc32)O1)c1cccc2c1ccc1c3ccccc3ccc21.[Na+]. The molecule has 10 heteroatoms. The molecular formula is C36H22NNaO6P2. The zero-order valence-corrected chi connectivity index (χ0v) is 28.3. The normalized spacial score (nSPS) is 16.1. The Morgan fingerprint density at radius 2 is 0.957 bits per heavy atom. The van der Waals surface area contributed by atoms with Gasteiger partial charge in [0, 0.05) is 5.30 Å². The second-order valence-electron chi connectivity index (χ2n) is 11.1. The zero-order valence-electron chi connectivity index (χ0n) is 24.5. The van der Waals surface area contributed by atoms with Crippen LogP contribution in [0.4, 0.5) is 0 Å². The average Bonchev–Trinajstić information content (AvgIpc) is 3.06. The van der Waals surface area contributed by atoms with Gasteiger partial charge < -0.3 is 9.46 Å². The predicted molar refractivity (Wildman–Crippen MR) is 177 cm³/mol. The summed E-state index contributed by atoms with van der Waals surface area (Å²) < 4.78 is 43.4. The fraction of sp³-hybridized carbons (Fsp3) is 0. The third-order valence-corrected chi connectivity index (χ3v) is 11.6. The second kappa shape index (κ2) is 11.1. The van der Waals surface area contributed by atoms with Crippen LogP contribution in [0.3, 0.4) is 0 Å². The van der Waals surface area contributed by atoms with Gasteiger partial charge in [0.1, 0.15) is 0 Å². The van der Waals surface area contributed by atoms with Crippen LogP contribution >= 0.6 is 15.2 Å². The fourth-order valence-electron chi connectivity index (χ4n) is 6.59. The molecule has 0 saturated carbocycles. The average molecular weight is 650 g/mol. The van der Waals surface area contributed by atoms with E-state index in [-0.39, 0.29) is 34.9 Å². The first-order valence-electron chi connectivity index (χ1n) is 14.4. The molecule has 1 aliphatic heterocycles. The molecule has 0 bridgehead atoms. The van der Waals surface area contributed by atoms with Gasteiger partial charge in [0.15, 0.2) is 7.60 Å². The van der Waals surface area contributed by atoms with Gasteiger partial charge in [-0.25, -0.2) is 0 Å². The summed E-state index contributed by atoms with van der Waals surface area (Å²) in [5.74, 6) is 0. The maximum atomic E-state index is 13.8. The summed E-state index contributed by atoms with van der Waals surface area (Å²) in [6.45, 7) is 0. The van der Waals surface area contributed by atoms with Crippen LogP contribution in [0.25, 0.3) is 64.6 Å². The van der Waals surface area contributed by atoms with Crippen molar-refractivity contribution in [2.75, 3.05) is 0 Å². The molecule has 0 radical (unpaired) electrons. The first-order valence-corrected chi connectivity index (χ1v) is 17.5. The zero-order chi connectivity index (χ0) is 30.3. The standard InChI is InChI=1S/C36H23NO6P2.Na/c38-44(39,35-13-5-11-27-31-17-15-23-7-1-3-9-25(23)29(31)19-21-33(27)35)41-37-42-45(40,43-37)36-14-6-12-28-32-18-16-24-8-2-4-10-26(24)30(32)20-22-34(28)36;/h1-22H,(H,38,39);/q;+1/p-1. The van der Waals surface area contributed by atoms with Crippen LogP contribution in [0, 0.1) is 0 Å². The van der Waals surface area contributed by atoms with Crippen molar-refractivity contribution >= 4 is 90.4 Å². The minimum Gasteiger partial charge on any atom is -0.774 e. The molecule has 1 atom stereocenters. The Labute approximate surface area is 285 Å². The molecule has 9 rings (SSSR count). The van der Waals surface area contributed by atoms with Gasteiger partial charge in [-0.05, 0) is 76.8 Å². The number of hydrogen-bond donors (Lipinski definition) is 0. The van der Waals surface area contributed by atoms with Gasteiger partial charge in [-0.15, -0.1) is 0 Å². The number of fused-ring (bicyclic) bond motifs is 10. The molecule has 1 aliphatic rings. The summed E-state index contributed by atoms with van der Waals surface area (Å²) in [6.07, 6.45) is 0. The summed E-state index contributed by atoms with van der Waals surface area (Å²) in [4.78, 5) is 13.5. The van der Waals surface area contributed by atoms with Crippen molar-refractivity contribution in [3.05, 3.63) is 133 Å². The minimum absolute atomic E-state index is 0. The Morgan fingerprint density at radius 1 is 0.522 bits per heavy atom. The van der Waals surface area contributed by atoms with Gasteiger partial charge in [-0.3, -0.25) is 4.57 Å². The molecule has 0 spiro atoms. The van der Waals surface area contributed by atoms with Crippen molar-refractivity contribution in [2.24, 2.45) is 0 Å². The molecule has 0 aromatic heterocycles. The van der Waals surface area contributed by atoms with E-state index in [1.165, 1.54) is 6.07 Å². The minimum atomic E-state index is -4.79. The molecule has 1 saturated heterocycles. The van der Waals surface area contributed by atoms with Gasteiger partial charge in [-0.1, -0.05) is 121 Å². The molecule has 0 N–H and O–H groups in total. The van der Waals surface area contributed by atoms with Crippen LogP contribution in [-0.4, -0.2) is 5.39 Å². The van der Waals surface area contributed by atoms with Gasteiger partial charge in [0.25, 0.3) is 0 Å². The van der Waals surface area contributed by atoms with E-state index < -0.39 is 15.2 Å². The van der Waals surface area contributed by atoms with E-state index in [0.29, 0.717) is 21.5 Å². The van der Waals surface area contributed by atoms with E-state index in [0.717, 1.165) is 53.9 Å². The van der Waals surface area contributed by atoms with Gasteiger partial charge in [0.05, 0.1) is 10.7 Å². The molecule has 8 aromatic carbocycles. The molecular weight excluding hydrogens is 627 g/mol. The smallest absolute Gasteiger partial charge is 0.774 e. The third kappa shape index (κ3) is 4.60. The summed E-state index contributed by atoms with van der Waals surface area (Å²) in [6, 6.07) is 42.3. The van der Waals surface area contributed by atoms with Crippen molar-refractivity contribution < 1.29 is 57.5 Å². The topological polar surface area (TPSA) is 88.1 Å². The van der Waals surface area contributed by atoms with E-state index in [4.69, 9.17) is 13.9 Å². The molecule has 0 amide bonds. The third-order valence-electron chi connectivity index (χ3n) is 8.63. The maximum absolute atomic E-state index is 13.8. The van der Waals surface area contributed by atoms with Gasteiger partial charge >= 0.3 is 37.2 Å². The van der Waals surface area contributed by atoms with Crippen LogP contribution in [0.2, 0.25) is 0 Å². The second-order valence-corrected chi connectivity index (χ2v) is 14.5. The molecule has 8 aromatic rings. The van der Waals surface area contributed by atoms with Crippen molar-refractivity contribution in [3.8, 4) is 0 Å². The monoisotopic (exact) mass is 649 g/mol. The summed E-state index contributed by atoms with van der Waals surface area (Å²) in [7, 11) is -8.70. The van der Waals surface area contributed by atoms with Crippen LogP contribution in [0.5, 0.6) is 0 Å². The Balaban J connectivity index is 0.00000312. The Hall–Kier alpha value is -3.42. The van der Waals surface area contributed by atoms with E-state index >= 15 is 0 Å². The number of benzene rings is 8. The molecule has 1 unspecified atom stereocenters. The molecule has 218 valence electrons. The molecule has 1 fully saturated rings. The summed E-state index contributed by atoms with van der Waals surface area (Å²) in [5.41, 5.74) is 0. The van der Waals surface area contributed by atoms with Crippen LogP contribution in [-0.2, 0) is 23.0 Å². The largest absolute Gasteiger partial charge is 1.00 e. The Morgan fingerprint density at radius 3 is 1.59 bits per heavy atom. The quantitative estimate of drug-likeness (QED) is 0.143. The van der Waals surface area contributed by atoms with Gasteiger partial charge in [-0.2, -0.15) is 13.9 Å². The van der Waals surface area contributed by atoms with Gasteiger partial charge in [0.2, 0.25) is 0 Å².